The number of carbonyl (C=O) groups is 1. The fourth-order valence-electron chi connectivity index (χ4n) is 1.79. The molecule has 1 amide bonds. The number of hydrogen-bond acceptors (Lipinski definition) is 3. The summed E-state index contributed by atoms with van der Waals surface area (Å²) in [6.07, 6.45) is 6.98. The average molecular weight is 289 g/mol. The molecule has 0 spiro atoms. The Bertz CT molecular complexity index is 495. The molecule has 1 aromatic carbocycles. The van der Waals surface area contributed by atoms with Crippen LogP contribution in [0, 0.1) is 0 Å². The third-order valence-electron chi connectivity index (χ3n) is 2.86. The molecule has 0 heterocycles. The van der Waals surface area contributed by atoms with Crippen LogP contribution in [0.1, 0.15) is 25.3 Å². The second kappa shape index (κ2) is 9.64. The fraction of sp³-hybridized carbons (Fsp3) is 0.353. The Morgan fingerprint density at radius 2 is 2.14 bits per heavy atom. The molecular weight excluding hydrogens is 266 g/mol. The highest BCUT2D eigenvalue weighted by molar-refractivity contribution is 5.86. The van der Waals surface area contributed by atoms with Gasteiger partial charge in [0, 0.05) is 6.54 Å². The molecule has 0 aliphatic rings. The monoisotopic (exact) mass is 289 g/mol. The van der Waals surface area contributed by atoms with Crippen LogP contribution >= 0.6 is 0 Å². The summed E-state index contributed by atoms with van der Waals surface area (Å²) in [6, 6.07) is 5.84. The zero-order valence-corrected chi connectivity index (χ0v) is 12.7. The van der Waals surface area contributed by atoms with Gasteiger partial charge in [-0.05, 0) is 43.5 Å². The quantitative estimate of drug-likeness (QED) is 0.561. The number of ether oxygens (including phenoxy) is 2. The normalized spacial score (nSPS) is 10.4. The van der Waals surface area contributed by atoms with Crippen LogP contribution in [0.25, 0.3) is 6.08 Å². The average Bonchev–Trinajstić information content (AvgIpc) is 2.51. The van der Waals surface area contributed by atoms with E-state index in [1.165, 1.54) is 6.08 Å². The zero-order valence-electron chi connectivity index (χ0n) is 12.7. The third-order valence-corrected chi connectivity index (χ3v) is 2.86. The summed E-state index contributed by atoms with van der Waals surface area (Å²) in [6.45, 7) is 6.59. The first-order valence-electron chi connectivity index (χ1n) is 7.05. The van der Waals surface area contributed by atoms with E-state index < -0.39 is 0 Å². The summed E-state index contributed by atoms with van der Waals surface area (Å²) in [5.74, 6) is 1.32. The van der Waals surface area contributed by atoms with Crippen molar-refractivity contribution in [1.82, 2.24) is 5.32 Å². The van der Waals surface area contributed by atoms with Crippen molar-refractivity contribution in [3.8, 4) is 11.5 Å². The summed E-state index contributed by atoms with van der Waals surface area (Å²) in [7, 11) is 1.63. The fourth-order valence-corrected chi connectivity index (χ4v) is 1.79. The van der Waals surface area contributed by atoms with Gasteiger partial charge in [-0.1, -0.05) is 24.8 Å². The molecule has 4 nitrogen and oxygen atoms in total. The van der Waals surface area contributed by atoms with Gasteiger partial charge in [0.1, 0.15) is 0 Å². The number of nitrogens with one attached hydrogen (secondary N) is 1. The molecule has 0 fully saturated rings. The highest BCUT2D eigenvalue weighted by atomic mass is 16.5. The molecular formula is C17H23NO3. The molecule has 0 saturated carbocycles. The number of amides is 1. The van der Waals surface area contributed by atoms with Gasteiger partial charge in [0.2, 0.25) is 5.91 Å². The maximum Gasteiger partial charge on any atom is 0.243 e. The minimum absolute atomic E-state index is 0.142. The van der Waals surface area contributed by atoms with Gasteiger partial charge in [-0.25, -0.2) is 0 Å². The summed E-state index contributed by atoms with van der Waals surface area (Å²) >= 11 is 0. The number of hydrogen-bond donors (Lipinski definition) is 1. The summed E-state index contributed by atoms with van der Waals surface area (Å²) in [5.41, 5.74) is 1.08. The first-order valence-corrected chi connectivity index (χ1v) is 7.05. The highest BCUT2D eigenvalue weighted by Gasteiger charge is 2.04. The lowest BCUT2D eigenvalue weighted by Crippen LogP contribution is -2.22. The number of carbonyl (C=O) groups excluding carboxylic acids is 1. The third kappa shape index (κ3) is 6.17. The first-order chi connectivity index (χ1) is 10.2. The van der Waals surface area contributed by atoms with Gasteiger partial charge >= 0.3 is 0 Å². The summed E-state index contributed by atoms with van der Waals surface area (Å²) in [4.78, 5) is 11.0. The van der Waals surface area contributed by atoms with Crippen LogP contribution in [-0.4, -0.2) is 26.2 Å². The maximum absolute atomic E-state index is 11.0. The Balaban J connectivity index is 2.37. The van der Waals surface area contributed by atoms with Gasteiger partial charge in [-0.2, -0.15) is 0 Å². The first kappa shape index (κ1) is 16.8. The van der Waals surface area contributed by atoms with Crippen LogP contribution in [0.2, 0.25) is 0 Å². The van der Waals surface area contributed by atoms with Gasteiger partial charge in [-0.15, -0.1) is 0 Å². The molecule has 0 aliphatic heterocycles. The van der Waals surface area contributed by atoms with E-state index in [2.05, 4.69) is 11.9 Å². The van der Waals surface area contributed by atoms with Crippen molar-refractivity contribution in [2.24, 2.45) is 0 Å². The van der Waals surface area contributed by atoms with Crippen molar-refractivity contribution in [2.75, 3.05) is 20.3 Å². The van der Waals surface area contributed by atoms with E-state index in [9.17, 15) is 4.79 Å². The van der Waals surface area contributed by atoms with E-state index >= 15 is 0 Å². The Hall–Kier alpha value is -2.23. The number of benzene rings is 1. The van der Waals surface area contributed by atoms with Crippen LogP contribution in [0.3, 0.4) is 0 Å². The molecule has 0 unspecified atom stereocenters. The van der Waals surface area contributed by atoms with Crippen molar-refractivity contribution >= 4 is 12.0 Å². The Morgan fingerprint density at radius 1 is 1.33 bits per heavy atom. The van der Waals surface area contributed by atoms with Crippen molar-refractivity contribution in [3.05, 3.63) is 42.5 Å². The lowest BCUT2D eigenvalue weighted by Gasteiger charge is -2.11. The highest BCUT2D eigenvalue weighted by Crippen LogP contribution is 2.28. The van der Waals surface area contributed by atoms with E-state index in [1.807, 2.05) is 37.3 Å². The van der Waals surface area contributed by atoms with Crippen molar-refractivity contribution < 1.29 is 14.3 Å². The molecule has 1 aromatic rings. The second-order valence-corrected chi connectivity index (χ2v) is 4.46. The molecule has 0 atom stereocenters. The van der Waals surface area contributed by atoms with Gasteiger partial charge in [0.25, 0.3) is 0 Å². The Labute approximate surface area is 126 Å². The van der Waals surface area contributed by atoms with Crippen molar-refractivity contribution in [1.29, 1.82) is 0 Å². The second-order valence-electron chi connectivity index (χ2n) is 4.46. The van der Waals surface area contributed by atoms with Crippen LogP contribution in [-0.2, 0) is 4.79 Å². The van der Waals surface area contributed by atoms with Crippen LogP contribution in [0.4, 0.5) is 0 Å². The number of unbranched alkanes of at least 4 members (excludes halogenated alkanes) is 1. The molecule has 0 bridgehead atoms. The molecule has 1 rings (SSSR count). The van der Waals surface area contributed by atoms with E-state index in [1.54, 1.807) is 7.11 Å². The Morgan fingerprint density at radius 3 is 2.81 bits per heavy atom. The van der Waals surface area contributed by atoms with Crippen molar-refractivity contribution in [2.45, 2.75) is 19.8 Å². The summed E-state index contributed by atoms with van der Waals surface area (Å²) < 4.78 is 11.0. The van der Waals surface area contributed by atoms with Crippen LogP contribution in [0.15, 0.2) is 36.9 Å². The van der Waals surface area contributed by atoms with Crippen LogP contribution in [0.5, 0.6) is 11.5 Å². The minimum Gasteiger partial charge on any atom is -0.493 e. The standard InChI is InChI=1S/C17H23NO3/c1-4-8-14-9-10-15(16(13-14)20-3)21-12-7-6-11-18-17(19)5-2/h4-5,8-10,13H,2,6-7,11-12H2,1,3H3,(H,18,19). The largest absolute Gasteiger partial charge is 0.493 e. The van der Waals surface area contributed by atoms with Crippen LogP contribution < -0.4 is 14.8 Å². The number of rotatable bonds is 9. The van der Waals surface area contributed by atoms with Crippen molar-refractivity contribution in [3.63, 3.8) is 0 Å². The van der Waals surface area contributed by atoms with Gasteiger partial charge in [0.05, 0.1) is 13.7 Å². The molecule has 21 heavy (non-hydrogen) atoms. The molecule has 0 radical (unpaired) electrons. The topological polar surface area (TPSA) is 47.6 Å². The van der Waals surface area contributed by atoms with E-state index in [4.69, 9.17) is 9.47 Å². The predicted molar refractivity (Wildman–Crippen MR) is 85.6 cm³/mol. The molecule has 0 aliphatic carbocycles. The molecule has 4 heteroatoms. The minimum atomic E-state index is -0.142. The summed E-state index contributed by atoms with van der Waals surface area (Å²) in [5, 5.41) is 2.73. The smallest absolute Gasteiger partial charge is 0.243 e. The lowest BCUT2D eigenvalue weighted by atomic mass is 10.2. The number of allylic oxidation sites excluding steroid dienone is 1. The number of methoxy groups -OCH3 is 1. The molecule has 0 aromatic heterocycles. The molecule has 114 valence electrons. The van der Waals surface area contributed by atoms with E-state index in [0.717, 1.165) is 29.9 Å². The SMILES string of the molecule is C=CC(=O)NCCCCOc1ccc(C=CC)cc1OC. The van der Waals surface area contributed by atoms with E-state index in [0.29, 0.717) is 13.2 Å². The maximum atomic E-state index is 11.0. The van der Waals surface area contributed by atoms with E-state index in [-0.39, 0.29) is 5.91 Å². The predicted octanol–water partition coefficient (Wildman–Crippen LogP) is 3.19. The van der Waals surface area contributed by atoms with Gasteiger partial charge < -0.3 is 14.8 Å². The van der Waals surface area contributed by atoms with Gasteiger partial charge in [-0.3, -0.25) is 4.79 Å². The molecule has 1 N–H and O–H groups in total. The Kier molecular flexibility index (Phi) is 7.72. The molecule has 0 saturated heterocycles. The van der Waals surface area contributed by atoms with Gasteiger partial charge in [0.15, 0.2) is 11.5 Å². The lowest BCUT2D eigenvalue weighted by molar-refractivity contribution is -0.116. The zero-order chi connectivity index (χ0) is 15.5.